The van der Waals surface area contributed by atoms with Crippen molar-refractivity contribution in [2.45, 2.75) is 6.42 Å². The third-order valence-corrected chi connectivity index (χ3v) is 0.418. The Bertz CT molecular complexity index is 85.0. The van der Waals surface area contributed by atoms with E-state index in [0.717, 1.165) is 0 Å². The van der Waals surface area contributed by atoms with Gasteiger partial charge < -0.3 is 29.3 Å². The zero-order chi connectivity index (χ0) is 5.70. The first-order chi connectivity index (χ1) is 3.31. The fraction of sp³-hybridized carbons (Fsp3) is 0.200. The van der Waals surface area contributed by atoms with Crippen LogP contribution in [-0.4, -0.2) is 12.3 Å². The summed E-state index contributed by atoms with van der Waals surface area (Å²) in [7, 11) is 0. The van der Waals surface area contributed by atoms with Crippen LogP contribution in [0.2, 0.25) is 0 Å². The Morgan fingerprint density at radius 2 is 2.11 bits per heavy atom. The van der Waals surface area contributed by atoms with E-state index >= 15 is 0 Å². The van der Waals surface area contributed by atoms with Gasteiger partial charge in [0, 0.05) is 5.91 Å². The fourth-order valence-corrected chi connectivity index (χ4v) is 0.119. The number of carbonyl (C=O) groups is 1. The second-order valence-corrected chi connectivity index (χ2v) is 0.900. The van der Waals surface area contributed by atoms with Crippen LogP contribution < -0.4 is 5.32 Å². The van der Waals surface area contributed by atoms with Crippen molar-refractivity contribution in [1.29, 1.82) is 0 Å². The third-order valence-electron chi connectivity index (χ3n) is 0.418. The molecule has 0 unspecified atom stereocenters. The van der Waals surface area contributed by atoms with Gasteiger partial charge in [0.2, 0.25) is 0 Å². The molecular formula is C5H8NO2Y. The van der Waals surface area contributed by atoms with Crippen LogP contribution in [0.1, 0.15) is 6.42 Å². The number of amides is 2. The van der Waals surface area contributed by atoms with Crippen LogP contribution >= 0.6 is 0 Å². The zero-order valence-electron chi connectivity index (χ0n) is 5.31. The number of hydrogen-bond acceptors (Lipinski definition) is 2. The third kappa shape index (κ3) is 11.7. The molecular weight excluding hydrogens is 195 g/mol. The van der Waals surface area contributed by atoms with Gasteiger partial charge in [-0.15, -0.1) is 0 Å². The predicted molar refractivity (Wildman–Crippen MR) is 30.2 cm³/mol. The van der Waals surface area contributed by atoms with E-state index in [-0.39, 0.29) is 46.6 Å². The van der Waals surface area contributed by atoms with Gasteiger partial charge in [-0.3, -0.25) is 0 Å². The van der Waals surface area contributed by atoms with Crippen molar-refractivity contribution < 1.29 is 42.3 Å². The van der Waals surface area contributed by atoms with Crippen molar-refractivity contribution >= 4 is 12.3 Å². The van der Waals surface area contributed by atoms with Crippen LogP contribution in [0.15, 0.2) is 0 Å². The van der Waals surface area contributed by atoms with Gasteiger partial charge in [-0.2, -0.15) is 6.42 Å². The summed E-state index contributed by atoms with van der Waals surface area (Å²) in [6, 6.07) is 0. The normalized spacial score (nSPS) is 5.89. The largest absolute Gasteiger partial charge is 3.00 e. The summed E-state index contributed by atoms with van der Waals surface area (Å²) in [5.74, 6) is -0.407. The Labute approximate surface area is 80.5 Å². The Morgan fingerprint density at radius 3 is 2.22 bits per heavy atom. The zero-order valence-corrected chi connectivity index (χ0v) is 8.15. The van der Waals surface area contributed by atoms with Gasteiger partial charge in [0.05, 0.1) is 6.41 Å². The molecule has 0 aliphatic heterocycles. The summed E-state index contributed by atoms with van der Waals surface area (Å²) in [5.41, 5.74) is 0. The van der Waals surface area contributed by atoms with Gasteiger partial charge in [-0.05, 0) is 0 Å². The average Bonchev–Trinajstić information content (AvgIpc) is 1.68. The molecule has 4 heteroatoms. The molecule has 0 saturated carbocycles. The molecule has 0 rings (SSSR count). The van der Waals surface area contributed by atoms with E-state index in [1.807, 2.05) is 0 Å². The number of nitrogens with one attached hydrogen (secondary N) is 1. The Hall–Kier alpha value is 0.244. The molecule has 3 nitrogen and oxygen atoms in total. The van der Waals surface area contributed by atoms with Gasteiger partial charge in [0.15, 0.2) is 0 Å². The first-order valence-corrected chi connectivity index (χ1v) is 1.76. The second-order valence-electron chi connectivity index (χ2n) is 0.900. The Morgan fingerprint density at radius 1 is 1.67 bits per heavy atom. The fourth-order valence-electron chi connectivity index (χ4n) is 0.119. The topological polar surface area (TPSA) is 46.2 Å². The van der Waals surface area contributed by atoms with E-state index < -0.39 is 5.91 Å². The first-order valence-electron chi connectivity index (χ1n) is 1.76. The molecule has 9 heavy (non-hydrogen) atoms. The van der Waals surface area contributed by atoms with Crippen molar-refractivity contribution in [3.05, 3.63) is 14.4 Å². The van der Waals surface area contributed by atoms with E-state index in [4.69, 9.17) is 0 Å². The minimum Gasteiger partial charge on any atom is -0.464 e. The van der Waals surface area contributed by atoms with Crippen LogP contribution in [0.4, 0.5) is 0 Å². The molecule has 1 N–H and O–H groups in total. The van der Waals surface area contributed by atoms with Crippen LogP contribution in [0.3, 0.4) is 0 Å². The van der Waals surface area contributed by atoms with Crippen LogP contribution in [0, 0.1) is 14.4 Å². The molecule has 0 heterocycles. The standard InChI is InChI=1S/C4H5NO2.CH3.Y/c1-2-4(7)5-3-6;;/h1-2H2,(H,5,6,7);1H3;/q-2;-1;+3. The van der Waals surface area contributed by atoms with Crippen molar-refractivity contribution in [2.75, 3.05) is 0 Å². The summed E-state index contributed by atoms with van der Waals surface area (Å²) in [6.07, 6.45) is 1.31. The molecule has 0 aromatic heterocycles. The van der Waals surface area contributed by atoms with Crippen molar-refractivity contribution in [3.8, 4) is 0 Å². The maximum atomic E-state index is 9.98. The molecule has 0 fully saturated rings. The van der Waals surface area contributed by atoms with Crippen molar-refractivity contribution in [1.82, 2.24) is 5.32 Å². The molecule has 2 amide bonds. The SMILES string of the molecule is [CH2-]CC(=O)N[C-]=O.[CH3-].[Y+3]. The van der Waals surface area contributed by atoms with E-state index in [1.54, 1.807) is 5.32 Å². The Kier molecular flexibility index (Phi) is 19.9. The minimum atomic E-state index is -0.407. The Balaban J connectivity index is -0.000000180. The van der Waals surface area contributed by atoms with Crippen molar-refractivity contribution in [3.63, 3.8) is 0 Å². The summed E-state index contributed by atoms with van der Waals surface area (Å²) < 4.78 is 0. The minimum absolute atomic E-state index is 0. The van der Waals surface area contributed by atoms with Crippen LogP contribution in [0.25, 0.3) is 0 Å². The summed E-state index contributed by atoms with van der Waals surface area (Å²) in [6.45, 7) is 3.21. The molecule has 48 valence electrons. The van der Waals surface area contributed by atoms with E-state index in [9.17, 15) is 9.59 Å². The maximum Gasteiger partial charge on any atom is 3.00 e. The van der Waals surface area contributed by atoms with Crippen LogP contribution in [0.5, 0.6) is 0 Å². The second kappa shape index (κ2) is 11.1. The quantitative estimate of drug-likeness (QED) is 0.500. The summed E-state index contributed by atoms with van der Waals surface area (Å²) in [4.78, 5) is 19.3. The number of carbonyl (C=O) groups excluding carboxylic acids is 2. The molecule has 0 radical (unpaired) electrons. The van der Waals surface area contributed by atoms with E-state index in [0.29, 0.717) is 0 Å². The molecule has 0 aromatic carbocycles. The number of imide groups is 1. The number of rotatable bonds is 2. The maximum absolute atomic E-state index is 9.98. The molecule has 0 spiro atoms. The van der Waals surface area contributed by atoms with E-state index in [2.05, 4.69) is 6.92 Å². The summed E-state index contributed by atoms with van der Waals surface area (Å²) in [5, 5.41) is 1.79. The van der Waals surface area contributed by atoms with Gasteiger partial charge in [-0.1, -0.05) is 0 Å². The smallest absolute Gasteiger partial charge is 0.464 e. The van der Waals surface area contributed by atoms with E-state index in [1.165, 1.54) is 6.41 Å². The van der Waals surface area contributed by atoms with Gasteiger partial charge >= 0.3 is 32.7 Å². The molecule has 0 atom stereocenters. The monoisotopic (exact) mass is 203 g/mol. The van der Waals surface area contributed by atoms with Crippen LogP contribution in [-0.2, 0) is 42.3 Å². The molecule has 0 bridgehead atoms. The molecule has 0 aromatic rings. The number of hydrogen-bond donors (Lipinski definition) is 1. The van der Waals surface area contributed by atoms with Gasteiger partial charge in [0.1, 0.15) is 0 Å². The molecule has 0 saturated heterocycles. The average molecular weight is 203 g/mol. The van der Waals surface area contributed by atoms with Crippen molar-refractivity contribution in [2.24, 2.45) is 0 Å². The molecule has 0 aliphatic carbocycles. The summed E-state index contributed by atoms with van der Waals surface area (Å²) >= 11 is 0. The molecule has 0 aliphatic rings. The first kappa shape index (κ1) is 16.1. The van der Waals surface area contributed by atoms with Gasteiger partial charge in [0.25, 0.3) is 0 Å². The predicted octanol–water partition coefficient (Wildman–Crippen LogP) is -0.158. The van der Waals surface area contributed by atoms with Gasteiger partial charge in [-0.25, -0.2) is 0 Å².